The average molecular weight is 341 g/mol. The number of carbonyl (C=O) groups excluding carboxylic acids is 1. The first-order valence-corrected chi connectivity index (χ1v) is 8.68. The Morgan fingerprint density at radius 3 is 2.88 bits per heavy atom. The SMILES string of the molecule is CCCn1c(C)cc(-c2csc(NC(=O)c3ccnnc3)n2)c1C. The summed E-state index contributed by atoms with van der Waals surface area (Å²) >= 11 is 1.42. The highest BCUT2D eigenvalue weighted by Gasteiger charge is 2.14. The zero-order valence-electron chi connectivity index (χ0n) is 13.9. The third-order valence-corrected chi connectivity index (χ3v) is 4.63. The predicted molar refractivity (Wildman–Crippen MR) is 95.3 cm³/mol. The molecule has 0 saturated heterocycles. The Balaban J connectivity index is 1.81. The molecule has 3 rings (SSSR count). The minimum absolute atomic E-state index is 0.234. The molecule has 6 nitrogen and oxygen atoms in total. The van der Waals surface area contributed by atoms with Gasteiger partial charge in [-0.15, -0.1) is 11.3 Å². The molecule has 0 aliphatic rings. The van der Waals surface area contributed by atoms with Gasteiger partial charge in [0.1, 0.15) is 0 Å². The number of aromatic nitrogens is 4. The molecular weight excluding hydrogens is 322 g/mol. The maximum atomic E-state index is 12.2. The largest absolute Gasteiger partial charge is 0.348 e. The molecule has 24 heavy (non-hydrogen) atoms. The van der Waals surface area contributed by atoms with Crippen LogP contribution in [0.25, 0.3) is 11.3 Å². The van der Waals surface area contributed by atoms with Crippen LogP contribution in [-0.2, 0) is 6.54 Å². The lowest BCUT2D eigenvalue weighted by molar-refractivity contribution is 0.102. The summed E-state index contributed by atoms with van der Waals surface area (Å²) in [5.41, 5.74) is 4.89. The number of hydrogen-bond acceptors (Lipinski definition) is 5. The van der Waals surface area contributed by atoms with Crippen molar-refractivity contribution in [2.45, 2.75) is 33.7 Å². The van der Waals surface area contributed by atoms with Crippen molar-refractivity contribution in [3.8, 4) is 11.3 Å². The van der Waals surface area contributed by atoms with Crippen molar-refractivity contribution < 1.29 is 4.79 Å². The molecule has 1 amide bonds. The van der Waals surface area contributed by atoms with Crippen molar-refractivity contribution in [2.75, 3.05) is 5.32 Å². The Morgan fingerprint density at radius 1 is 1.33 bits per heavy atom. The number of hydrogen-bond donors (Lipinski definition) is 1. The minimum Gasteiger partial charge on any atom is -0.348 e. The van der Waals surface area contributed by atoms with E-state index in [0.29, 0.717) is 10.7 Å². The second kappa shape index (κ2) is 6.92. The monoisotopic (exact) mass is 341 g/mol. The van der Waals surface area contributed by atoms with Crippen molar-refractivity contribution in [3.63, 3.8) is 0 Å². The van der Waals surface area contributed by atoms with E-state index in [4.69, 9.17) is 0 Å². The summed E-state index contributed by atoms with van der Waals surface area (Å²) in [6.07, 6.45) is 4.02. The predicted octanol–water partition coefficient (Wildman–Crippen LogP) is 3.68. The maximum absolute atomic E-state index is 12.2. The standard InChI is InChI=1S/C17H19N5OS/c1-4-7-22-11(2)8-14(12(22)3)15-10-24-17(20-15)21-16(23)13-5-6-18-19-9-13/h5-6,8-10H,4,7H2,1-3H3,(H,20,21,23). The maximum Gasteiger partial charge on any atom is 0.259 e. The van der Waals surface area contributed by atoms with Gasteiger partial charge >= 0.3 is 0 Å². The molecule has 1 N–H and O–H groups in total. The molecule has 3 aromatic rings. The van der Waals surface area contributed by atoms with Gasteiger partial charge in [0.05, 0.1) is 23.7 Å². The van der Waals surface area contributed by atoms with Gasteiger partial charge in [-0.1, -0.05) is 6.92 Å². The molecular formula is C17H19N5OS. The van der Waals surface area contributed by atoms with Gasteiger partial charge in [0.15, 0.2) is 5.13 Å². The van der Waals surface area contributed by atoms with Gasteiger partial charge in [-0.3, -0.25) is 10.1 Å². The summed E-state index contributed by atoms with van der Waals surface area (Å²) in [6, 6.07) is 3.77. The minimum atomic E-state index is -0.234. The fourth-order valence-electron chi connectivity index (χ4n) is 2.68. The topological polar surface area (TPSA) is 72.7 Å². The van der Waals surface area contributed by atoms with Crippen molar-refractivity contribution in [3.05, 3.63) is 46.9 Å². The van der Waals surface area contributed by atoms with Crippen molar-refractivity contribution in [2.24, 2.45) is 0 Å². The second-order valence-corrected chi connectivity index (χ2v) is 6.42. The molecule has 124 valence electrons. The number of amides is 1. The molecule has 3 heterocycles. The van der Waals surface area contributed by atoms with Crippen LogP contribution < -0.4 is 5.32 Å². The number of nitrogens with one attached hydrogen (secondary N) is 1. The summed E-state index contributed by atoms with van der Waals surface area (Å²) in [5, 5.41) is 12.7. The third-order valence-electron chi connectivity index (χ3n) is 3.87. The Labute approximate surface area is 144 Å². The molecule has 0 fully saturated rings. The molecule has 0 atom stereocenters. The lowest BCUT2D eigenvalue weighted by Gasteiger charge is -2.07. The van der Waals surface area contributed by atoms with E-state index in [0.717, 1.165) is 24.2 Å². The molecule has 0 bridgehead atoms. The first kappa shape index (κ1) is 16.3. The number of rotatable bonds is 5. The van der Waals surface area contributed by atoms with Crippen molar-refractivity contribution >= 4 is 22.4 Å². The smallest absolute Gasteiger partial charge is 0.259 e. The first-order chi connectivity index (χ1) is 11.6. The zero-order chi connectivity index (χ0) is 17.1. The fourth-order valence-corrected chi connectivity index (χ4v) is 3.38. The lowest BCUT2D eigenvalue weighted by atomic mass is 10.2. The van der Waals surface area contributed by atoms with Crippen LogP contribution >= 0.6 is 11.3 Å². The molecule has 0 spiro atoms. The summed E-state index contributed by atoms with van der Waals surface area (Å²) < 4.78 is 2.30. The van der Waals surface area contributed by atoms with Crippen LogP contribution in [0, 0.1) is 13.8 Å². The molecule has 0 aliphatic heterocycles. The number of thiazole rings is 1. The molecule has 7 heteroatoms. The zero-order valence-corrected chi connectivity index (χ0v) is 14.7. The van der Waals surface area contributed by atoms with Crippen LogP contribution in [0.5, 0.6) is 0 Å². The van der Waals surface area contributed by atoms with E-state index in [2.05, 4.69) is 51.9 Å². The second-order valence-electron chi connectivity index (χ2n) is 5.56. The van der Waals surface area contributed by atoms with E-state index in [1.165, 1.54) is 35.1 Å². The Morgan fingerprint density at radius 2 is 2.17 bits per heavy atom. The van der Waals surface area contributed by atoms with Crippen LogP contribution in [0.2, 0.25) is 0 Å². The van der Waals surface area contributed by atoms with E-state index in [1.54, 1.807) is 6.07 Å². The molecule has 3 aromatic heterocycles. The van der Waals surface area contributed by atoms with Gasteiger partial charge in [-0.2, -0.15) is 10.2 Å². The quantitative estimate of drug-likeness (QED) is 0.768. The van der Waals surface area contributed by atoms with Gasteiger partial charge in [-0.25, -0.2) is 4.98 Å². The normalized spacial score (nSPS) is 10.8. The van der Waals surface area contributed by atoms with Crippen molar-refractivity contribution in [1.29, 1.82) is 0 Å². The van der Waals surface area contributed by atoms with Crippen LogP contribution in [0.1, 0.15) is 35.1 Å². The van der Waals surface area contributed by atoms with Gasteiger partial charge in [0.25, 0.3) is 5.91 Å². The summed E-state index contributed by atoms with van der Waals surface area (Å²) in [5.74, 6) is -0.234. The highest BCUT2D eigenvalue weighted by atomic mass is 32.1. The average Bonchev–Trinajstić information content (AvgIpc) is 3.15. The molecule has 0 aromatic carbocycles. The van der Waals surface area contributed by atoms with Crippen LogP contribution in [0.4, 0.5) is 5.13 Å². The van der Waals surface area contributed by atoms with Crippen LogP contribution in [-0.4, -0.2) is 25.7 Å². The molecule has 0 aliphatic carbocycles. The third kappa shape index (κ3) is 3.21. The number of carbonyl (C=O) groups is 1. The van der Waals surface area contributed by atoms with Crippen LogP contribution in [0.15, 0.2) is 29.9 Å². The summed E-state index contributed by atoms with van der Waals surface area (Å²) in [6.45, 7) is 7.39. The number of nitrogens with zero attached hydrogens (tertiary/aromatic N) is 4. The van der Waals surface area contributed by atoms with Gasteiger partial charge in [0.2, 0.25) is 0 Å². The summed E-state index contributed by atoms with van der Waals surface area (Å²) in [4.78, 5) is 16.7. The van der Waals surface area contributed by atoms with E-state index in [9.17, 15) is 4.79 Å². The number of anilines is 1. The first-order valence-electron chi connectivity index (χ1n) is 7.80. The lowest BCUT2D eigenvalue weighted by Crippen LogP contribution is -2.12. The van der Waals surface area contributed by atoms with Crippen LogP contribution in [0.3, 0.4) is 0 Å². The Bertz CT molecular complexity index is 853. The highest BCUT2D eigenvalue weighted by molar-refractivity contribution is 7.14. The Kier molecular flexibility index (Phi) is 4.71. The summed E-state index contributed by atoms with van der Waals surface area (Å²) in [7, 11) is 0. The number of aryl methyl sites for hydroxylation is 1. The van der Waals surface area contributed by atoms with E-state index in [-0.39, 0.29) is 5.91 Å². The van der Waals surface area contributed by atoms with Gasteiger partial charge in [-0.05, 0) is 32.4 Å². The van der Waals surface area contributed by atoms with Gasteiger partial charge < -0.3 is 4.57 Å². The molecule has 0 radical (unpaired) electrons. The fraction of sp³-hybridized carbons (Fsp3) is 0.294. The Hall–Kier alpha value is -2.54. The van der Waals surface area contributed by atoms with Crippen molar-refractivity contribution in [1.82, 2.24) is 19.7 Å². The van der Waals surface area contributed by atoms with E-state index < -0.39 is 0 Å². The highest BCUT2D eigenvalue weighted by Crippen LogP contribution is 2.30. The molecule has 0 saturated carbocycles. The van der Waals surface area contributed by atoms with E-state index >= 15 is 0 Å². The van der Waals surface area contributed by atoms with E-state index in [1.807, 2.05) is 5.38 Å². The van der Waals surface area contributed by atoms with Gasteiger partial charge in [0, 0.05) is 28.9 Å². The molecule has 0 unspecified atom stereocenters.